The number of rotatable bonds is 1. The Kier molecular flexibility index (Phi) is 2.53. The van der Waals surface area contributed by atoms with Gasteiger partial charge in [0.1, 0.15) is 11.3 Å². The van der Waals surface area contributed by atoms with E-state index in [0.29, 0.717) is 0 Å². The standard InChI is InChI=1S/C6H9N3S/c1-9(2)5-10-6-3-7-4-8-6/h3-5H,1-2H3. The van der Waals surface area contributed by atoms with Crippen LogP contribution in [0.25, 0.3) is 0 Å². The number of hydrogen-bond donors (Lipinski definition) is 0. The molecule has 0 N–H and O–H groups in total. The van der Waals surface area contributed by atoms with Crippen LogP contribution in [-0.4, -0.2) is 42.0 Å². The highest BCUT2D eigenvalue weighted by atomic mass is 32.1. The van der Waals surface area contributed by atoms with Gasteiger partial charge >= 0.3 is 0 Å². The van der Waals surface area contributed by atoms with E-state index in [2.05, 4.69) is 9.98 Å². The van der Waals surface area contributed by atoms with Crippen LogP contribution in [0.3, 0.4) is 0 Å². The van der Waals surface area contributed by atoms with Crippen LogP contribution in [-0.2, 0) is 0 Å². The molecule has 0 radical (unpaired) electrons. The monoisotopic (exact) mass is 155 g/mol. The van der Waals surface area contributed by atoms with E-state index >= 15 is 0 Å². The first-order chi connectivity index (χ1) is 4.79. The lowest BCUT2D eigenvalue weighted by molar-refractivity contribution is 0.654. The second kappa shape index (κ2) is 3.43. The molecule has 10 heavy (non-hydrogen) atoms. The van der Waals surface area contributed by atoms with Gasteiger partial charge in [0.05, 0.1) is 6.21 Å². The number of hydrogen-bond acceptors (Lipinski definition) is 1. The van der Waals surface area contributed by atoms with Gasteiger partial charge in [-0.25, -0.2) is 9.98 Å². The third kappa shape index (κ3) is 2.24. The minimum absolute atomic E-state index is 0.939. The predicted octanol–water partition coefficient (Wildman–Crippen LogP) is 0.284. The molecule has 54 valence electrons. The molecule has 3 nitrogen and oxygen atoms in total. The third-order valence-corrected chi connectivity index (χ3v) is 1.80. The van der Waals surface area contributed by atoms with E-state index in [0.717, 1.165) is 4.99 Å². The van der Waals surface area contributed by atoms with Gasteiger partial charge in [0.25, 0.3) is 0 Å². The molecule has 0 aliphatic carbocycles. The third-order valence-electron chi connectivity index (χ3n) is 0.821. The molecule has 0 spiro atoms. The largest absolute Gasteiger partial charge is 0.279 e. The van der Waals surface area contributed by atoms with Crippen molar-refractivity contribution in [1.29, 1.82) is 0 Å². The Morgan fingerprint density at radius 3 is 2.90 bits per heavy atom. The number of nitrogens with zero attached hydrogens (tertiary/aromatic N) is 3. The maximum Gasteiger partial charge on any atom is 0.137 e. The van der Waals surface area contributed by atoms with Gasteiger partial charge in [0.2, 0.25) is 0 Å². The maximum absolute atomic E-state index is 3.98. The van der Waals surface area contributed by atoms with Gasteiger partial charge in [-0.05, 0) is 14.1 Å². The first kappa shape index (κ1) is 7.37. The molecule has 1 aliphatic rings. The molecule has 0 aromatic heterocycles. The smallest absolute Gasteiger partial charge is 0.137 e. The fourth-order valence-corrected chi connectivity index (χ4v) is 0.989. The summed E-state index contributed by atoms with van der Waals surface area (Å²) < 4.78 is 0. The fourth-order valence-electron chi connectivity index (χ4n) is 0.441. The molecule has 1 rings (SSSR count). The molecule has 0 unspecified atom stereocenters. The average molecular weight is 155 g/mol. The van der Waals surface area contributed by atoms with Crippen LogP contribution in [0, 0.1) is 0 Å². The Labute approximate surface area is 63.6 Å². The summed E-state index contributed by atoms with van der Waals surface area (Å²) in [5.74, 6) is 0. The Bertz CT molecular complexity index is 219. The summed E-state index contributed by atoms with van der Waals surface area (Å²) in [5, 5.41) is 0. The highest BCUT2D eigenvalue weighted by Crippen LogP contribution is 1.86. The van der Waals surface area contributed by atoms with Crippen molar-refractivity contribution in [2.75, 3.05) is 14.1 Å². The highest BCUT2D eigenvalue weighted by molar-refractivity contribution is 7.98. The molecule has 0 saturated carbocycles. The first-order valence-electron chi connectivity index (χ1n) is 2.88. The molecule has 0 aromatic rings. The average Bonchev–Trinajstić information content (AvgIpc) is 2.34. The minimum Gasteiger partial charge on any atom is -0.279 e. The first-order valence-corrected chi connectivity index (χ1v) is 3.76. The lowest BCUT2D eigenvalue weighted by atomic mass is 10.8. The van der Waals surface area contributed by atoms with Crippen LogP contribution in [0.4, 0.5) is 0 Å². The quantitative estimate of drug-likeness (QED) is 0.500. The van der Waals surface area contributed by atoms with E-state index in [-0.39, 0.29) is 0 Å². The van der Waals surface area contributed by atoms with Crippen molar-refractivity contribution in [2.24, 2.45) is 9.98 Å². The lowest BCUT2D eigenvalue weighted by Crippen LogP contribution is -2.05. The summed E-state index contributed by atoms with van der Waals surface area (Å²) >= 11 is 0. The Morgan fingerprint density at radius 2 is 2.40 bits per heavy atom. The summed E-state index contributed by atoms with van der Waals surface area (Å²) in [4.78, 5) is 10.7. The molecule has 4 heteroatoms. The summed E-state index contributed by atoms with van der Waals surface area (Å²) in [6.07, 6.45) is 3.29. The van der Waals surface area contributed by atoms with Crippen molar-refractivity contribution in [3.8, 4) is 0 Å². The minimum atomic E-state index is 0.939. The molecule has 1 heterocycles. The van der Waals surface area contributed by atoms with Crippen LogP contribution >= 0.6 is 10.9 Å². The zero-order valence-corrected chi connectivity index (χ0v) is 6.80. The zero-order valence-electron chi connectivity index (χ0n) is 5.98. The van der Waals surface area contributed by atoms with E-state index in [1.807, 2.05) is 24.5 Å². The Hall–Kier alpha value is -0.740. The van der Waals surface area contributed by atoms with Gasteiger partial charge in [-0.3, -0.25) is 4.90 Å². The van der Waals surface area contributed by atoms with Crippen LogP contribution in [0.2, 0.25) is 0 Å². The summed E-state index contributed by atoms with van der Waals surface area (Å²) in [5.41, 5.74) is 1.98. The van der Waals surface area contributed by atoms with Gasteiger partial charge in [-0.2, -0.15) is 0 Å². The normalized spacial score (nSPS) is 14.9. The van der Waals surface area contributed by atoms with Gasteiger partial charge in [-0.15, -0.1) is 10.9 Å². The van der Waals surface area contributed by atoms with Gasteiger partial charge in [0, 0.05) is 5.49 Å². The van der Waals surface area contributed by atoms with Gasteiger partial charge in [-0.1, -0.05) is 0 Å². The van der Waals surface area contributed by atoms with Crippen molar-refractivity contribution in [1.82, 2.24) is 4.90 Å². The van der Waals surface area contributed by atoms with Crippen LogP contribution in [0.5, 0.6) is 0 Å². The van der Waals surface area contributed by atoms with Crippen molar-refractivity contribution < 1.29 is 0 Å². The van der Waals surface area contributed by atoms with Crippen molar-refractivity contribution >= 4 is 34.0 Å². The van der Waals surface area contributed by atoms with Crippen molar-refractivity contribution in [2.45, 2.75) is 0 Å². The lowest BCUT2D eigenvalue weighted by Gasteiger charge is -1.94. The molecular weight excluding hydrogens is 146 g/mol. The van der Waals surface area contributed by atoms with E-state index in [1.165, 1.54) is 0 Å². The molecule has 0 atom stereocenters. The Morgan fingerprint density at radius 1 is 1.60 bits per heavy atom. The molecular formula is C6H9N3S. The van der Waals surface area contributed by atoms with E-state index < -0.39 is 0 Å². The summed E-state index contributed by atoms with van der Waals surface area (Å²) in [7, 11) is 5.51. The topological polar surface area (TPSA) is 28.0 Å². The second-order valence-electron chi connectivity index (χ2n) is 2.05. The summed E-state index contributed by atoms with van der Waals surface area (Å²) in [6, 6.07) is 0. The second-order valence-corrected chi connectivity index (χ2v) is 2.91. The molecule has 0 saturated heterocycles. The molecule has 0 aromatic carbocycles. The van der Waals surface area contributed by atoms with Gasteiger partial charge in [0.15, 0.2) is 0 Å². The van der Waals surface area contributed by atoms with Crippen LogP contribution < -0.4 is 0 Å². The maximum atomic E-state index is 3.98. The Balaban J connectivity index is 2.71. The SMILES string of the molecule is CN(C)C=S=C1C=NC=N1. The van der Waals surface area contributed by atoms with Gasteiger partial charge < -0.3 is 0 Å². The molecule has 0 bridgehead atoms. The van der Waals surface area contributed by atoms with Crippen molar-refractivity contribution in [3.63, 3.8) is 0 Å². The fraction of sp³-hybridized carbons (Fsp3) is 0.333. The number of aliphatic imine (C=N–C) groups is 2. The van der Waals surface area contributed by atoms with E-state index in [4.69, 9.17) is 0 Å². The molecule has 0 amide bonds. The van der Waals surface area contributed by atoms with Crippen LogP contribution in [0.1, 0.15) is 0 Å². The predicted molar refractivity (Wildman–Crippen MR) is 49.3 cm³/mol. The van der Waals surface area contributed by atoms with Crippen LogP contribution in [0.15, 0.2) is 9.98 Å². The molecule has 0 fully saturated rings. The van der Waals surface area contributed by atoms with Crippen molar-refractivity contribution in [3.05, 3.63) is 0 Å². The molecule has 1 aliphatic heterocycles. The zero-order chi connectivity index (χ0) is 7.40. The summed E-state index contributed by atoms with van der Waals surface area (Å²) in [6.45, 7) is 0. The van der Waals surface area contributed by atoms with E-state index in [9.17, 15) is 0 Å². The van der Waals surface area contributed by atoms with E-state index in [1.54, 1.807) is 23.5 Å². The highest BCUT2D eigenvalue weighted by Gasteiger charge is 1.89.